The zero-order valence-corrected chi connectivity index (χ0v) is 13.6. The van der Waals surface area contributed by atoms with E-state index in [9.17, 15) is 9.59 Å². The first-order valence-electron chi connectivity index (χ1n) is 7.67. The quantitative estimate of drug-likeness (QED) is 0.622. The van der Waals surface area contributed by atoms with Gasteiger partial charge in [0, 0.05) is 19.4 Å². The average molecular weight is 307 g/mol. The average Bonchev–Trinajstić information content (AvgIpc) is 2.53. The van der Waals surface area contributed by atoms with Gasteiger partial charge in [0.05, 0.1) is 18.8 Å². The largest absolute Gasteiger partial charge is 0.493 e. The van der Waals surface area contributed by atoms with Crippen molar-refractivity contribution in [3.63, 3.8) is 0 Å². The van der Waals surface area contributed by atoms with Crippen molar-refractivity contribution in [2.45, 2.75) is 26.7 Å². The third kappa shape index (κ3) is 6.72. The third-order valence-electron chi connectivity index (χ3n) is 3.33. The van der Waals surface area contributed by atoms with Crippen LogP contribution in [0.4, 0.5) is 0 Å². The van der Waals surface area contributed by atoms with Crippen molar-refractivity contribution in [3.05, 3.63) is 29.8 Å². The molecule has 0 saturated carbocycles. The van der Waals surface area contributed by atoms with Crippen LogP contribution in [0.15, 0.2) is 24.3 Å². The molecule has 0 radical (unpaired) electrons. The van der Waals surface area contributed by atoms with Crippen molar-refractivity contribution in [2.75, 3.05) is 33.4 Å². The topological polar surface area (TPSA) is 55.8 Å². The Balaban J connectivity index is 2.30. The number of hydrogen-bond acceptors (Lipinski definition) is 5. The second kappa shape index (κ2) is 9.95. The van der Waals surface area contributed by atoms with Gasteiger partial charge in [0.1, 0.15) is 11.5 Å². The van der Waals surface area contributed by atoms with E-state index in [-0.39, 0.29) is 11.8 Å². The summed E-state index contributed by atoms with van der Waals surface area (Å²) in [6.07, 6.45) is 0.951. The Morgan fingerprint density at radius 3 is 2.36 bits per heavy atom. The van der Waals surface area contributed by atoms with E-state index in [1.807, 2.05) is 7.05 Å². The van der Waals surface area contributed by atoms with Gasteiger partial charge >= 0.3 is 5.97 Å². The molecule has 0 atom stereocenters. The van der Waals surface area contributed by atoms with Crippen LogP contribution in [0.1, 0.15) is 37.0 Å². The lowest BCUT2D eigenvalue weighted by atomic mass is 10.2. The van der Waals surface area contributed by atoms with Crippen molar-refractivity contribution in [1.29, 1.82) is 0 Å². The number of ketones is 1. The number of benzene rings is 1. The molecule has 0 unspecified atom stereocenters. The molecule has 0 bridgehead atoms. The Labute approximate surface area is 132 Å². The second-order valence-electron chi connectivity index (χ2n) is 5.03. The SMILES string of the molecule is CCOC(=O)c1ccc(OCCC(=O)CCN(C)CC)cc1. The summed E-state index contributed by atoms with van der Waals surface area (Å²) in [6, 6.07) is 6.74. The third-order valence-corrected chi connectivity index (χ3v) is 3.33. The number of esters is 1. The molecule has 1 rings (SSSR count). The minimum absolute atomic E-state index is 0.198. The predicted octanol–water partition coefficient (Wildman–Crippen LogP) is 2.54. The molecule has 0 heterocycles. The van der Waals surface area contributed by atoms with Gasteiger partial charge in [0.2, 0.25) is 0 Å². The summed E-state index contributed by atoms with van der Waals surface area (Å²) in [5.41, 5.74) is 0.493. The van der Waals surface area contributed by atoms with E-state index in [0.717, 1.165) is 13.1 Å². The molecule has 0 aromatic heterocycles. The van der Waals surface area contributed by atoms with Crippen LogP contribution in [0.5, 0.6) is 5.75 Å². The Bertz CT molecular complexity index is 470. The van der Waals surface area contributed by atoms with Gasteiger partial charge in [-0.3, -0.25) is 4.79 Å². The highest BCUT2D eigenvalue weighted by molar-refractivity contribution is 5.89. The highest BCUT2D eigenvalue weighted by Gasteiger charge is 2.07. The van der Waals surface area contributed by atoms with Crippen LogP contribution in [-0.2, 0) is 9.53 Å². The number of ether oxygens (including phenoxy) is 2. The van der Waals surface area contributed by atoms with Gasteiger partial charge in [0.15, 0.2) is 0 Å². The highest BCUT2D eigenvalue weighted by Crippen LogP contribution is 2.13. The van der Waals surface area contributed by atoms with Crippen molar-refractivity contribution in [1.82, 2.24) is 4.90 Å². The van der Waals surface area contributed by atoms with Crippen molar-refractivity contribution in [2.24, 2.45) is 0 Å². The maximum atomic E-state index is 11.7. The minimum atomic E-state index is -0.343. The number of carbonyl (C=O) groups is 2. The van der Waals surface area contributed by atoms with Gasteiger partial charge in [-0.1, -0.05) is 6.92 Å². The highest BCUT2D eigenvalue weighted by atomic mass is 16.5. The van der Waals surface area contributed by atoms with Crippen LogP contribution in [0.3, 0.4) is 0 Å². The fraction of sp³-hybridized carbons (Fsp3) is 0.529. The molecule has 0 aliphatic rings. The molecule has 122 valence electrons. The molecular formula is C17H25NO4. The summed E-state index contributed by atoms with van der Waals surface area (Å²) in [4.78, 5) is 25.3. The van der Waals surface area contributed by atoms with Crippen LogP contribution in [0.25, 0.3) is 0 Å². The van der Waals surface area contributed by atoms with Gasteiger partial charge in [-0.25, -0.2) is 4.79 Å². The Morgan fingerprint density at radius 2 is 1.77 bits per heavy atom. The van der Waals surface area contributed by atoms with Crippen molar-refractivity contribution < 1.29 is 19.1 Å². The fourth-order valence-corrected chi connectivity index (χ4v) is 1.78. The monoisotopic (exact) mass is 307 g/mol. The first kappa shape index (κ1) is 18.2. The van der Waals surface area contributed by atoms with Crippen LogP contribution in [0, 0.1) is 0 Å². The number of rotatable bonds is 10. The molecule has 1 aromatic carbocycles. The zero-order chi connectivity index (χ0) is 16.4. The first-order valence-corrected chi connectivity index (χ1v) is 7.67. The van der Waals surface area contributed by atoms with E-state index >= 15 is 0 Å². The maximum absolute atomic E-state index is 11.7. The van der Waals surface area contributed by atoms with E-state index in [4.69, 9.17) is 9.47 Å². The maximum Gasteiger partial charge on any atom is 0.338 e. The van der Waals surface area contributed by atoms with Crippen LogP contribution >= 0.6 is 0 Å². The standard InChI is InChI=1S/C17H25NO4/c1-4-18(3)12-10-15(19)11-13-22-16-8-6-14(7-9-16)17(20)21-5-2/h6-9H,4-5,10-13H2,1-3H3. The summed E-state index contributed by atoms with van der Waals surface area (Å²) >= 11 is 0. The van der Waals surface area contributed by atoms with Crippen molar-refractivity contribution >= 4 is 11.8 Å². The normalized spacial score (nSPS) is 10.5. The van der Waals surface area contributed by atoms with Gasteiger partial charge in [-0.05, 0) is 44.8 Å². The predicted molar refractivity (Wildman–Crippen MR) is 85.3 cm³/mol. The molecule has 0 amide bonds. The lowest BCUT2D eigenvalue weighted by Crippen LogP contribution is -2.21. The second-order valence-corrected chi connectivity index (χ2v) is 5.03. The molecule has 5 nitrogen and oxygen atoms in total. The molecule has 0 fully saturated rings. The lowest BCUT2D eigenvalue weighted by Gasteiger charge is -2.12. The lowest BCUT2D eigenvalue weighted by molar-refractivity contribution is -0.119. The van der Waals surface area contributed by atoms with Gasteiger partial charge in [-0.15, -0.1) is 0 Å². The Kier molecular flexibility index (Phi) is 8.22. The number of carbonyl (C=O) groups excluding carboxylic acids is 2. The molecular weight excluding hydrogens is 282 g/mol. The molecule has 0 aliphatic carbocycles. The Hall–Kier alpha value is -1.88. The number of Topliss-reactive ketones (excluding diaryl/α,β-unsaturated/α-hetero) is 1. The zero-order valence-electron chi connectivity index (χ0n) is 13.6. The van der Waals surface area contributed by atoms with E-state index in [0.29, 0.717) is 37.4 Å². The summed E-state index contributed by atoms with van der Waals surface area (Å²) in [5.74, 6) is 0.499. The van der Waals surface area contributed by atoms with Crippen LogP contribution in [0.2, 0.25) is 0 Å². The fourth-order valence-electron chi connectivity index (χ4n) is 1.78. The molecule has 0 spiro atoms. The van der Waals surface area contributed by atoms with E-state index in [1.54, 1.807) is 31.2 Å². The Morgan fingerprint density at radius 1 is 1.09 bits per heavy atom. The molecule has 0 aliphatic heterocycles. The van der Waals surface area contributed by atoms with E-state index in [2.05, 4.69) is 11.8 Å². The van der Waals surface area contributed by atoms with Crippen LogP contribution < -0.4 is 4.74 Å². The van der Waals surface area contributed by atoms with Gasteiger partial charge < -0.3 is 14.4 Å². The minimum Gasteiger partial charge on any atom is -0.493 e. The molecule has 1 aromatic rings. The summed E-state index contributed by atoms with van der Waals surface area (Å²) < 4.78 is 10.4. The van der Waals surface area contributed by atoms with Gasteiger partial charge in [-0.2, -0.15) is 0 Å². The van der Waals surface area contributed by atoms with E-state index in [1.165, 1.54) is 0 Å². The van der Waals surface area contributed by atoms with E-state index < -0.39 is 0 Å². The van der Waals surface area contributed by atoms with Gasteiger partial charge in [0.25, 0.3) is 0 Å². The molecule has 5 heteroatoms. The summed E-state index contributed by atoms with van der Waals surface area (Å²) in [5, 5.41) is 0. The first-order chi connectivity index (χ1) is 10.6. The summed E-state index contributed by atoms with van der Waals surface area (Å²) in [7, 11) is 1.99. The number of hydrogen-bond donors (Lipinski definition) is 0. The molecule has 22 heavy (non-hydrogen) atoms. The smallest absolute Gasteiger partial charge is 0.338 e. The van der Waals surface area contributed by atoms with Crippen LogP contribution in [-0.4, -0.2) is 50.0 Å². The van der Waals surface area contributed by atoms with Crippen molar-refractivity contribution in [3.8, 4) is 5.75 Å². The summed E-state index contributed by atoms with van der Waals surface area (Å²) in [6.45, 7) is 6.26. The number of nitrogens with zero attached hydrogens (tertiary/aromatic N) is 1. The molecule has 0 N–H and O–H groups in total. The molecule has 0 saturated heterocycles.